The Labute approximate surface area is 124 Å². The highest BCUT2D eigenvalue weighted by atomic mass is 16.5. The van der Waals surface area contributed by atoms with Crippen LogP contribution in [-0.2, 0) is 11.4 Å². The van der Waals surface area contributed by atoms with E-state index in [2.05, 4.69) is 5.32 Å². The van der Waals surface area contributed by atoms with E-state index in [4.69, 9.17) is 4.74 Å². The molecule has 2 rings (SSSR count). The molecule has 0 unspecified atom stereocenters. The Hall–Kier alpha value is -2.33. The molecule has 0 aliphatic heterocycles. The molecule has 21 heavy (non-hydrogen) atoms. The van der Waals surface area contributed by atoms with Gasteiger partial charge in [0.05, 0.1) is 6.61 Å². The summed E-state index contributed by atoms with van der Waals surface area (Å²) in [5.74, 6) is 0.415. The van der Waals surface area contributed by atoms with E-state index < -0.39 is 0 Å². The fourth-order valence-electron chi connectivity index (χ4n) is 1.92. The summed E-state index contributed by atoms with van der Waals surface area (Å²) in [4.78, 5) is 11.9. The van der Waals surface area contributed by atoms with Crippen LogP contribution in [0.5, 0.6) is 5.75 Å². The predicted molar refractivity (Wildman–Crippen MR) is 82.4 cm³/mol. The Morgan fingerprint density at radius 2 is 1.90 bits per heavy atom. The van der Waals surface area contributed by atoms with Crippen LogP contribution in [0, 0.1) is 13.8 Å². The lowest BCUT2D eigenvalue weighted by Gasteiger charge is -2.11. The molecule has 2 aromatic carbocycles. The molecule has 0 fully saturated rings. The Kier molecular flexibility index (Phi) is 4.95. The Bertz CT molecular complexity index is 638. The number of nitrogens with one attached hydrogen (secondary N) is 1. The third-order valence-corrected chi connectivity index (χ3v) is 3.31. The molecule has 0 aromatic heterocycles. The summed E-state index contributed by atoms with van der Waals surface area (Å²) in [5.41, 5.74) is 3.59. The van der Waals surface area contributed by atoms with E-state index in [1.807, 2.05) is 38.1 Å². The van der Waals surface area contributed by atoms with Crippen molar-refractivity contribution in [2.75, 3.05) is 11.9 Å². The SMILES string of the molecule is Cc1ccc(OCC(=O)Nc2ccccc2CO)cc1C. The lowest BCUT2D eigenvalue weighted by atomic mass is 10.1. The van der Waals surface area contributed by atoms with Gasteiger partial charge in [-0.1, -0.05) is 24.3 Å². The zero-order valence-electron chi connectivity index (χ0n) is 12.2. The van der Waals surface area contributed by atoms with Gasteiger partial charge in [-0.25, -0.2) is 0 Å². The average molecular weight is 285 g/mol. The zero-order chi connectivity index (χ0) is 15.2. The number of hydrogen-bond donors (Lipinski definition) is 2. The van der Waals surface area contributed by atoms with Crippen molar-refractivity contribution in [3.63, 3.8) is 0 Å². The molecular weight excluding hydrogens is 266 g/mol. The van der Waals surface area contributed by atoms with Gasteiger partial charge in [0.15, 0.2) is 6.61 Å². The first-order valence-electron chi connectivity index (χ1n) is 6.79. The second kappa shape index (κ2) is 6.90. The Morgan fingerprint density at radius 3 is 2.62 bits per heavy atom. The summed E-state index contributed by atoms with van der Waals surface area (Å²) in [5, 5.41) is 11.9. The van der Waals surface area contributed by atoms with Crippen molar-refractivity contribution in [3.8, 4) is 5.75 Å². The van der Waals surface area contributed by atoms with Crippen molar-refractivity contribution >= 4 is 11.6 Å². The van der Waals surface area contributed by atoms with Crippen LogP contribution in [0.25, 0.3) is 0 Å². The molecule has 1 amide bonds. The van der Waals surface area contributed by atoms with Crippen LogP contribution in [0.2, 0.25) is 0 Å². The van der Waals surface area contributed by atoms with Crippen molar-refractivity contribution in [1.29, 1.82) is 0 Å². The number of amides is 1. The van der Waals surface area contributed by atoms with E-state index >= 15 is 0 Å². The van der Waals surface area contributed by atoms with E-state index in [0.29, 0.717) is 17.0 Å². The molecule has 2 aromatic rings. The lowest BCUT2D eigenvalue weighted by molar-refractivity contribution is -0.118. The quantitative estimate of drug-likeness (QED) is 0.888. The minimum atomic E-state index is -0.255. The molecule has 0 heterocycles. The largest absolute Gasteiger partial charge is 0.484 e. The lowest BCUT2D eigenvalue weighted by Crippen LogP contribution is -2.21. The molecule has 110 valence electrons. The van der Waals surface area contributed by atoms with Crippen molar-refractivity contribution in [3.05, 3.63) is 59.2 Å². The molecule has 0 aliphatic carbocycles. The molecule has 0 bridgehead atoms. The molecule has 0 spiro atoms. The highest BCUT2D eigenvalue weighted by molar-refractivity contribution is 5.92. The van der Waals surface area contributed by atoms with Crippen LogP contribution >= 0.6 is 0 Å². The van der Waals surface area contributed by atoms with E-state index in [9.17, 15) is 9.90 Å². The van der Waals surface area contributed by atoms with Gasteiger partial charge in [0.2, 0.25) is 0 Å². The smallest absolute Gasteiger partial charge is 0.262 e. The molecule has 4 heteroatoms. The molecule has 4 nitrogen and oxygen atoms in total. The van der Waals surface area contributed by atoms with Crippen LogP contribution in [-0.4, -0.2) is 17.6 Å². The second-order valence-electron chi connectivity index (χ2n) is 4.90. The van der Waals surface area contributed by atoms with E-state index in [0.717, 1.165) is 5.56 Å². The number of para-hydroxylation sites is 1. The van der Waals surface area contributed by atoms with Crippen molar-refractivity contribution in [1.82, 2.24) is 0 Å². The predicted octanol–water partition coefficient (Wildman–Crippen LogP) is 2.81. The van der Waals surface area contributed by atoms with Crippen molar-refractivity contribution in [2.24, 2.45) is 0 Å². The van der Waals surface area contributed by atoms with Gasteiger partial charge < -0.3 is 15.2 Å². The zero-order valence-corrected chi connectivity index (χ0v) is 12.2. The van der Waals surface area contributed by atoms with Crippen LogP contribution in [0.15, 0.2) is 42.5 Å². The maximum absolute atomic E-state index is 11.9. The number of aliphatic hydroxyl groups is 1. The first-order valence-corrected chi connectivity index (χ1v) is 6.79. The number of carbonyl (C=O) groups excluding carboxylic acids is 1. The standard InChI is InChI=1S/C17H19NO3/c1-12-7-8-15(9-13(12)2)21-11-17(20)18-16-6-4-3-5-14(16)10-19/h3-9,19H,10-11H2,1-2H3,(H,18,20). The van der Waals surface area contributed by atoms with E-state index in [1.165, 1.54) is 5.56 Å². The monoisotopic (exact) mass is 285 g/mol. The first kappa shape index (κ1) is 15.1. The van der Waals surface area contributed by atoms with Gasteiger partial charge in [-0.2, -0.15) is 0 Å². The van der Waals surface area contributed by atoms with E-state index in [1.54, 1.807) is 18.2 Å². The van der Waals surface area contributed by atoms with Crippen LogP contribution < -0.4 is 10.1 Å². The van der Waals surface area contributed by atoms with Crippen LogP contribution in [0.4, 0.5) is 5.69 Å². The van der Waals surface area contributed by atoms with Gasteiger partial charge >= 0.3 is 0 Å². The van der Waals surface area contributed by atoms with Crippen molar-refractivity contribution in [2.45, 2.75) is 20.5 Å². The van der Waals surface area contributed by atoms with Gasteiger partial charge in [-0.15, -0.1) is 0 Å². The number of anilines is 1. The molecule has 0 saturated carbocycles. The third kappa shape index (κ3) is 4.07. The Morgan fingerprint density at radius 1 is 1.14 bits per heavy atom. The average Bonchev–Trinajstić information content (AvgIpc) is 2.49. The topological polar surface area (TPSA) is 58.6 Å². The molecule has 0 atom stereocenters. The normalized spacial score (nSPS) is 10.2. The van der Waals surface area contributed by atoms with Gasteiger partial charge in [-0.3, -0.25) is 4.79 Å². The fourth-order valence-corrected chi connectivity index (χ4v) is 1.92. The highest BCUT2D eigenvalue weighted by Gasteiger charge is 2.07. The summed E-state index contributed by atoms with van der Waals surface area (Å²) in [7, 11) is 0. The molecule has 2 N–H and O–H groups in total. The molecule has 0 saturated heterocycles. The maximum Gasteiger partial charge on any atom is 0.262 e. The van der Waals surface area contributed by atoms with E-state index in [-0.39, 0.29) is 19.1 Å². The highest BCUT2D eigenvalue weighted by Crippen LogP contribution is 2.17. The number of hydrogen-bond acceptors (Lipinski definition) is 3. The number of ether oxygens (including phenoxy) is 1. The summed E-state index contributed by atoms with van der Waals surface area (Å²) in [6, 6.07) is 12.8. The van der Waals surface area contributed by atoms with Crippen molar-refractivity contribution < 1.29 is 14.6 Å². The van der Waals surface area contributed by atoms with Gasteiger partial charge in [0.25, 0.3) is 5.91 Å². The number of benzene rings is 2. The number of carbonyl (C=O) groups is 1. The first-order chi connectivity index (χ1) is 10.1. The minimum Gasteiger partial charge on any atom is -0.484 e. The number of aryl methyl sites for hydroxylation is 2. The summed E-state index contributed by atoms with van der Waals surface area (Å²) in [6.45, 7) is 3.84. The van der Waals surface area contributed by atoms with Gasteiger partial charge in [0.1, 0.15) is 5.75 Å². The number of aliphatic hydroxyl groups excluding tert-OH is 1. The third-order valence-electron chi connectivity index (χ3n) is 3.31. The fraction of sp³-hybridized carbons (Fsp3) is 0.235. The summed E-state index contributed by atoms with van der Waals surface area (Å²) in [6.07, 6.45) is 0. The number of rotatable bonds is 5. The maximum atomic E-state index is 11.9. The van der Waals surface area contributed by atoms with Gasteiger partial charge in [0, 0.05) is 11.3 Å². The molecule has 0 radical (unpaired) electrons. The Balaban J connectivity index is 1.94. The minimum absolute atomic E-state index is 0.0672. The molecular formula is C17H19NO3. The summed E-state index contributed by atoms with van der Waals surface area (Å²) >= 11 is 0. The molecule has 0 aliphatic rings. The van der Waals surface area contributed by atoms with Gasteiger partial charge in [-0.05, 0) is 43.2 Å². The summed E-state index contributed by atoms with van der Waals surface area (Å²) < 4.78 is 5.47. The van der Waals surface area contributed by atoms with Crippen LogP contribution in [0.3, 0.4) is 0 Å². The second-order valence-corrected chi connectivity index (χ2v) is 4.90. The van der Waals surface area contributed by atoms with Crippen LogP contribution in [0.1, 0.15) is 16.7 Å².